The maximum absolute atomic E-state index is 11.8. The number of aromatic nitrogens is 1. The largest absolute Gasteiger partial charge is 0.354 e. The molecule has 0 unspecified atom stereocenters. The lowest BCUT2D eigenvalue weighted by atomic mass is 10.3. The Hall–Kier alpha value is -1.38. The summed E-state index contributed by atoms with van der Waals surface area (Å²) in [6, 6.07) is 4.16. The first-order valence-electron chi connectivity index (χ1n) is 7.31. The molecule has 0 atom stereocenters. The third-order valence-corrected chi connectivity index (χ3v) is 6.24. The first-order valence-corrected chi connectivity index (χ1v) is 9.99. The van der Waals surface area contributed by atoms with E-state index in [-0.39, 0.29) is 17.7 Å². The van der Waals surface area contributed by atoms with Gasteiger partial charge in [-0.2, -0.15) is 0 Å². The van der Waals surface area contributed by atoms with Gasteiger partial charge in [0.25, 0.3) is 5.24 Å². The van der Waals surface area contributed by atoms with Gasteiger partial charge in [-0.1, -0.05) is 11.8 Å². The number of thiazole rings is 1. The molecule has 23 heavy (non-hydrogen) atoms. The van der Waals surface area contributed by atoms with Crippen LogP contribution in [-0.2, 0) is 11.2 Å². The van der Waals surface area contributed by atoms with Crippen molar-refractivity contribution in [2.75, 3.05) is 25.4 Å². The Morgan fingerprint density at radius 1 is 1.43 bits per heavy atom. The minimum atomic E-state index is -0.0900. The Bertz CT molecular complexity index is 710. The highest BCUT2D eigenvalue weighted by Crippen LogP contribution is 2.29. The van der Waals surface area contributed by atoms with E-state index in [0.717, 1.165) is 27.8 Å². The zero-order valence-electron chi connectivity index (χ0n) is 12.7. The van der Waals surface area contributed by atoms with E-state index in [1.165, 1.54) is 16.6 Å². The molecule has 8 heteroatoms. The predicted octanol–water partition coefficient (Wildman–Crippen LogP) is 3.01. The Kier molecular flexibility index (Phi) is 5.34. The molecule has 5 nitrogen and oxygen atoms in total. The summed E-state index contributed by atoms with van der Waals surface area (Å²) in [4.78, 5) is 31.8. The molecule has 1 saturated heterocycles. The van der Waals surface area contributed by atoms with E-state index in [0.29, 0.717) is 13.1 Å². The second-order valence-corrected chi connectivity index (χ2v) is 8.43. The van der Waals surface area contributed by atoms with Crippen LogP contribution in [0.5, 0.6) is 0 Å². The molecule has 0 radical (unpaired) electrons. The SMILES string of the molecule is Cc1nc(-c2ccc(CCNC(=O)CN3CCSC3=O)s2)cs1. The number of aryl methyl sites for hydroxylation is 1. The highest BCUT2D eigenvalue weighted by Gasteiger charge is 2.22. The molecule has 122 valence electrons. The van der Waals surface area contributed by atoms with Gasteiger partial charge in [0, 0.05) is 29.1 Å². The van der Waals surface area contributed by atoms with Crippen LogP contribution in [0.3, 0.4) is 0 Å². The molecule has 3 rings (SSSR count). The van der Waals surface area contributed by atoms with Crippen molar-refractivity contribution in [1.82, 2.24) is 15.2 Å². The molecule has 3 heterocycles. The molecule has 1 N–H and O–H groups in total. The second-order valence-electron chi connectivity index (χ2n) is 5.15. The van der Waals surface area contributed by atoms with Gasteiger partial charge < -0.3 is 10.2 Å². The summed E-state index contributed by atoms with van der Waals surface area (Å²) in [5.74, 6) is 0.688. The maximum Gasteiger partial charge on any atom is 0.282 e. The van der Waals surface area contributed by atoms with Gasteiger partial charge in [0.05, 0.1) is 15.6 Å². The molecule has 0 aromatic carbocycles. The first kappa shape index (κ1) is 16.5. The Morgan fingerprint density at radius 2 is 2.30 bits per heavy atom. The van der Waals surface area contributed by atoms with Crippen molar-refractivity contribution >= 4 is 45.6 Å². The highest BCUT2D eigenvalue weighted by atomic mass is 32.2. The van der Waals surface area contributed by atoms with Gasteiger partial charge >= 0.3 is 0 Å². The number of carbonyl (C=O) groups is 2. The van der Waals surface area contributed by atoms with Crippen LogP contribution in [-0.4, -0.2) is 46.4 Å². The van der Waals surface area contributed by atoms with Crippen LogP contribution in [0.4, 0.5) is 4.79 Å². The average Bonchev–Trinajstić information content (AvgIpc) is 3.22. The first-order chi connectivity index (χ1) is 11.1. The van der Waals surface area contributed by atoms with Crippen molar-refractivity contribution in [2.45, 2.75) is 13.3 Å². The predicted molar refractivity (Wildman–Crippen MR) is 96.3 cm³/mol. The molecular formula is C15H17N3O2S3. The number of nitrogens with one attached hydrogen (secondary N) is 1. The molecule has 0 saturated carbocycles. The summed E-state index contributed by atoms with van der Waals surface area (Å²) in [5, 5.41) is 6.02. The monoisotopic (exact) mass is 367 g/mol. The number of nitrogens with zero attached hydrogens (tertiary/aromatic N) is 2. The number of amides is 2. The van der Waals surface area contributed by atoms with Crippen LogP contribution >= 0.6 is 34.4 Å². The smallest absolute Gasteiger partial charge is 0.282 e. The fourth-order valence-corrected chi connectivity index (χ4v) is 4.73. The van der Waals surface area contributed by atoms with E-state index in [9.17, 15) is 9.59 Å². The number of thioether (sulfide) groups is 1. The van der Waals surface area contributed by atoms with Crippen LogP contribution < -0.4 is 5.32 Å². The van der Waals surface area contributed by atoms with Crippen LogP contribution in [0.15, 0.2) is 17.5 Å². The van der Waals surface area contributed by atoms with Gasteiger partial charge in [-0.05, 0) is 25.5 Å². The van der Waals surface area contributed by atoms with Gasteiger partial charge in [0.2, 0.25) is 5.91 Å². The van der Waals surface area contributed by atoms with Gasteiger partial charge in [0.1, 0.15) is 6.54 Å². The van der Waals surface area contributed by atoms with Crippen molar-refractivity contribution in [3.05, 3.63) is 27.4 Å². The van der Waals surface area contributed by atoms with E-state index < -0.39 is 0 Å². The van der Waals surface area contributed by atoms with Crippen LogP contribution in [0.25, 0.3) is 10.6 Å². The zero-order valence-corrected chi connectivity index (χ0v) is 15.2. The molecule has 1 aliphatic heterocycles. The highest BCUT2D eigenvalue weighted by molar-refractivity contribution is 8.13. The standard InChI is InChI=1S/C15H17N3O2S3/c1-10-17-12(9-22-10)13-3-2-11(23-13)4-5-16-14(19)8-18-6-7-21-15(18)20/h2-3,9H,4-8H2,1H3,(H,16,19). The lowest BCUT2D eigenvalue weighted by Crippen LogP contribution is -2.37. The summed E-state index contributed by atoms with van der Waals surface area (Å²) in [6.07, 6.45) is 0.794. The van der Waals surface area contributed by atoms with E-state index in [2.05, 4.69) is 27.8 Å². The molecule has 1 aliphatic rings. The Morgan fingerprint density at radius 3 is 3.00 bits per heavy atom. The summed E-state index contributed by atoms with van der Waals surface area (Å²) in [6.45, 7) is 3.42. The van der Waals surface area contributed by atoms with Crippen LogP contribution in [0.1, 0.15) is 9.88 Å². The van der Waals surface area contributed by atoms with Crippen molar-refractivity contribution < 1.29 is 9.59 Å². The van der Waals surface area contributed by atoms with Crippen LogP contribution in [0.2, 0.25) is 0 Å². The summed E-state index contributed by atoms with van der Waals surface area (Å²) >= 11 is 4.63. The summed E-state index contributed by atoms with van der Waals surface area (Å²) < 4.78 is 0. The normalized spacial score (nSPS) is 14.5. The molecule has 1 fully saturated rings. The molecule has 2 amide bonds. The third kappa shape index (κ3) is 4.33. The van der Waals surface area contributed by atoms with Crippen molar-refractivity contribution in [2.24, 2.45) is 0 Å². The molecule has 2 aromatic rings. The minimum absolute atomic E-state index is 0.00149. The number of thiophene rings is 1. The number of carbonyl (C=O) groups excluding carboxylic acids is 2. The maximum atomic E-state index is 11.8. The Labute approximate surface area is 147 Å². The van der Waals surface area contributed by atoms with Crippen LogP contribution in [0, 0.1) is 6.92 Å². The Balaban J connectivity index is 1.45. The van der Waals surface area contributed by atoms with E-state index in [1.54, 1.807) is 27.6 Å². The quantitative estimate of drug-likeness (QED) is 0.852. The summed E-state index contributed by atoms with van der Waals surface area (Å²) in [7, 11) is 0. The van der Waals surface area contributed by atoms with E-state index in [1.807, 2.05) is 6.92 Å². The second kappa shape index (κ2) is 7.46. The number of rotatable bonds is 6. The fourth-order valence-electron chi connectivity index (χ4n) is 2.25. The molecular weight excluding hydrogens is 350 g/mol. The zero-order chi connectivity index (χ0) is 16.2. The summed E-state index contributed by atoms with van der Waals surface area (Å²) in [5.41, 5.74) is 1.03. The van der Waals surface area contributed by atoms with Crippen molar-refractivity contribution in [1.29, 1.82) is 0 Å². The molecule has 0 spiro atoms. The minimum Gasteiger partial charge on any atom is -0.354 e. The topological polar surface area (TPSA) is 62.3 Å². The van der Waals surface area contributed by atoms with Gasteiger partial charge in [0.15, 0.2) is 0 Å². The molecule has 2 aromatic heterocycles. The molecule has 0 aliphatic carbocycles. The van der Waals surface area contributed by atoms with Gasteiger partial charge in [-0.3, -0.25) is 9.59 Å². The van der Waals surface area contributed by atoms with Gasteiger partial charge in [-0.15, -0.1) is 22.7 Å². The van der Waals surface area contributed by atoms with E-state index >= 15 is 0 Å². The number of hydrogen-bond donors (Lipinski definition) is 1. The molecule has 0 bridgehead atoms. The lowest BCUT2D eigenvalue weighted by Gasteiger charge is -2.13. The fraction of sp³-hybridized carbons (Fsp3) is 0.400. The van der Waals surface area contributed by atoms with Crippen molar-refractivity contribution in [3.8, 4) is 10.6 Å². The van der Waals surface area contributed by atoms with Gasteiger partial charge in [-0.25, -0.2) is 4.98 Å². The van der Waals surface area contributed by atoms with E-state index in [4.69, 9.17) is 0 Å². The lowest BCUT2D eigenvalue weighted by molar-refractivity contribution is -0.121. The average molecular weight is 368 g/mol. The van der Waals surface area contributed by atoms with Crippen molar-refractivity contribution in [3.63, 3.8) is 0 Å². The third-order valence-electron chi connectivity index (χ3n) is 3.41. The number of hydrogen-bond acceptors (Lipinski definition) is 6.